The number of benzene rings is 1. The van der Waals surface area contributed by atoms with Gasteiger partial charge in [0, 0.05) is 43.7 Å². The van der Waals surface area contributed by atoms with Gasteiger partial charge >= 0.3 is 0 Å². The van der Waals surface area contributed by atoms with Crippen LogP contribution >= 0.6 is 11.6 Å². The van der Waals surface area contributed by atoms with Crippen molar-refractivity contribution in [1.82, 2.24) is 21.1 Å². The van der Waals surface area contributed by atoms with Crippen LogP contribution in [0, 0.1) is 17.7 Å². The van der Waals surface area contributed by atoms with Crippen LogP contribution in [0.4, 0.5) is 4.39 Å². The molecule has 4 fully saturated rings. The van der Waals surface area contributed by atoms with Crippen LogP contribution in [-0.4, -0.2) is 55.1 Å². The number of fused-ring (bicyclic) bond motifs is 1. The molecule has 158 valence electrons. The predicted molar refractivity (Wildman–Crippen MR) is 106 cm³/mol. The molecule has 1 aromatic rings. The Morgan fingerprint density at radius 3 is 2.86 bits per heavy atom. The van der Waals surface area contributed by atoms with Gasteiger partial charge in [0.15, 0.2) is 6.61 Å². The van der Waals surface area contributed by atoms with E-state index in [9.17, 15) is 14.0 Å². The monoisotopic (exact) mass is 424 g/mol. The molecule has 5 rings (SSSR count). The molecule has 1 aromatic carbocycles. The Labute approximate surface area is 174 Å². The van der Waals surface area contributed by atoms with Crippen LogP contribution in [0.5, 0.6) is 5.75 Å². The summed E-state index contributed by atoms with van der Waals surface area (Å²) in [7, 11) is 1.99. The molecule has 2 amide bonds. The summed E-state index contributed by atoms with van der Waals surface area (Å²) in [6.45, 7) is 1.37. The van der Waals surface area contributed by atoms with Gasteiger partial charge in [-0.25, -0.2) is 9.40 Å². The lowest BCUT2D eigenvalue weighted by atomic mass is 9.76. The summed E-state index contributed by atoms with van der Waals surface area (Å²) in [5.41, 5.74) is 2.92. The van der Waals surface area contributed by atoms with Crippen molar-refractivity contribution in [3.05, 3.63) is 29.0 Å². The van der Waals surface area contributed by atoms with E-state index >= 15 is 0 Å². The minimum atomic E-state index is -0.589. The normalized spacial score (nSPS) is 30.7. The Balaban J connectivity index is 1.23. The van der Waals surface area contributed by atoms with Crippen molar-refractivity contribution in [2.75, 3.05) is 26.7 Å². The van der Waals surface area contributed by atoms with Gasteiger partial charge in [-0.1, -0.05) is 11.6 Å². The second-order valence-electron chi connectivity index (χ2n) is 8.38. The van der Waals surface area contributed by atoms with Crippen molar-refractivity contribution in [1.29, 1.82) is 0 Å². The maximum absolute atomic E-state index is 13.4. The van der Waals surface area contributed by atoms with Crippen molar-refractivity contribution < 1.29 is 18.7 Å². The number of likely N-dealkylation sites (N-methyl/N-ethyl adjacent to an activating group) is 1. The van der Waals surface area contributed by atoms with Crippen LogP contribution < -0.4 is 20.8 Å². The van der Waals surface area contributed by atoms with Crippen molar-refractivity contribution in [3.8, 4) is 5.75 Å². The smallest absolute Gasteiger partial charge is 0.258 e. The molecule has 0 aromatic heterocycles. The Bertz CT molecular complexity index is 802. The first kappa shape index (κ1) is 20.4. The number of amides is 2. The highest BCUT2D eigenvalue weighted by molar-refractivity contribution is 6.30. The standard InChI is InChI=1S/C20H26ClFN4O3/c1-26-13(4-5-24-26)10-23-19(28)15-9-20(7-12(15)8-20)25-18(27)11-29-14-2-3-16(21)17(22)6-14/h2-3,6,12-13,15,24H,4-5,7-11H2,1H3,(H,23,28)(H,25,27)/t12?,13?,15-,20?/m1/s1. The lowest BCUT2D eigenvalue weighted by Gasteiger charge is -2.39. The van der Waals surface area contributed by atoms with Gasteiger partial charge in [0.2, 0.25) is 5.91 Å². The van der Waals surface area contributed by atoms with Gasteiger partial charge in [0.1, 0.15) is 11.6 Å². The van der Waals surface area contributed by atoms with Crippen molar-refractivity contribution in [3.63, 3.8) is 0 Å². The molecule has 0 spiro atoms. The third-order valence-corrected chi connectivity index (χ3v) is 6.69. The summed E-state index contributed by atoms with van der Waals surface area (Å²) < 4.78 is 18.8. The highest BCUT2D eigenvalue weighted by atomic mass is 35.5. The van der Waals surface area contributed by atoms with E-state index in [1.807, 2.05) is 12.1 Å². The first-order valence-corrected chi connectivity index (χ1v) is 10.4. The minimum absolute atomic E-state index is 0.00677. The van der Waals surface area contributed by atoms with Crippen molar-refractivity contribution >= 4 is 23.4 Å². The van der Waals surface area contributed by atoms with E-state index in [0.717, 1.165) is 31.9 Å². The fourth-order valence-corrected chi connectivity index (χ4v) is 4.93. The molecule has 2 atom stereocenters. The third kappa shape index (κ3) is 4.34. The molecule has 7 nitrogen and oxygen atoms in total. The van der Waals surface area contributed by atoms with E-state index in [0.29, 0.717) is 24.9 Å². The molecule has 1 unspecified atom stereocenters. The number of hydrazine groups is 1. The number of ether oxygens (including phenoxy) is 1. The van der Waals surface area contributed by atoms with Gasteiger partial charge in [-0.3, -0.25) is 15.0 Å². The highest BCUT2D eigenvalue weighted by Gasteiger charge is 2.58. The Morgan fingerprint density at radius 1 is 1.38 bits per heavy atom. The summed E-state index contributed by atoms with van der Waals surface area (Å²) in [5, 5.41) is 8.15. The topological polar surface area (TPSA) is 82.7 Å². The average molecular weight is 425 g/mol. The quantitative estimate of drug-likeness (QED) is 0.617. The molecule has 3 N–H and O–H groups in total. The van der Waals surface area contributed by atoms with E-state index in [4.69, 9.17) is 16.3 Å². The van der Waals surface area contributed by atoms with Gasteiger partial charge in [0.25, 0.3) is 5.91 Å². The number of nitrogens with one attached hydrogen (secondary N) is 3. The number of halogens is 2. The Morgan fingerprint density at radius 2 is 2.17 bits per heavy atom. The number of hydrogen-bond acceptors (Lipinski definition) is 5. The summed E-state index contributed by atoms with van der Waals surface area (Å²) >= 11 is 5.64. The number of hydrogen-bond donors (Lipinski definition) is 3. The lowest BCUT2D eigenvalue weighted by Crippen LogP contribution is -2.53. The van der Waals surface area contributed by atoms with Crippen LogP contribution in [0.2, 0.25) is 5.02 Å². The van der Waals surface area contributed by atoms with E-state index < -0.39 is 5.82 Å². The second kappa shape index (κ2) is 8.08. The molecule has 29 heavy (non-hydrogen) atoms. The van der Waals surface area contributed by atoms with Crippen LogP contribution in [0.15, 0.2) is 18.2 Å². The molecule has 1 heterocycles. The minimum Gasteiger partial charge on any atom is -0.484 e. The summed E-state index contributed by atoms with van der Waals surface area (Å²) in [6, 6.07) is 4.38. The second-order valence-corrected chi connectivity index (χ2v) is 8.79. The molecule has 1 aliphatic heterocycles. The maximum Gasteiger partial charge on any atom is 0.258 e. The molecule has 0 radical (unpaired) electrons. The maximum atomic E-state index is 13.4. The predicted octanol–water partition coefficient (Wildman–Crippen LogP) is 1.47. The molecular weight excluding hydrogens is 399 g/mol. The van der Waals surface area contributed by atoms with E-state index in [-0.39, 0.29) is 40.7 Å². The van der Waals surface area contributed by atoms with Crippen molar-refractivity contribution in [2.24, 2.45) is 11.8 Å². The van der Waals surface area contributed by atoms with Gasteiger partial charge in [-0.05, 0) is 43.7 Å². The number of rotatable bonds is 7. The van der Waals surface area contributed by atoms with Crippen LogP contribution in [0.1, 0.15) is 25.7 Å². The van der Waals surface area contributed by atoms with Gasteiger partial charge in [-0.15, -0.1) is 0 Å². The first-order valence-electron chi connectivity index (χ1n) is 9.98. The fraction of sp³-hybridized carbons (Fsp3) is 0.600. The highest BCUT2D eigenvalue weighted by Crippen LogP contribution is 2.55. The van der Waals surface area contributed by atoms with Gasteiger partial charge < -0.3 is 15.4 Å². The number of nitrogens with zero attached hydrogens (tertiary/aromatic N) is 1. The Kier molecular flexibility index (Phi) is 5.68. The fourth-order valence-electron chi connectivity index (χ4n) is 4.81. The van der Waals surface area contributed by atoms with Crippen LogP contribution in [0.25, 0.3) is 0 Å². The number of carbonyl (C=O) groups excluding carboxylic acids is 2. The first-order chi connectivity index (χ1) is 13.8. The SMILES string of the molecule is CN1NCCC1CNC(=O)[C@@H]1CC2(NC(=O)COc3ccc(Cl)c(F)c3)CC1C2. The molecule has 4 aliphatic rings. The van der Waals surface area contributed by atoms with E-state index in [1.165, 1.54) is 12.1 Å². The molecule has 1 saturated heterocycles. The number of carbonyl (C=O) groups is 2. The zero-order chi connectivity index (χ0) is 20.6. The molecule has 9 heteroatoms. The average Bonchev–Trinajstić information content (AvgIpc) is 3.33. The third-order valence-electron chi connectivity index (χ3n) is 6.39. The van der Waals surface area contributed by atoms with E-state index in [2.05, 4.69) is 16.1 Å². The molecular formula is C20H26ClFN4O3. The van der Waals surface area contributed by atoms with Crippen LogP contribution in [0.3, 0.4) is 0 Å². The van der Waals surface area contributed by atoms with E-state index in [1.54, 1.807) is 0 Å². The summed E-state index contributed by atoms with van der Waals surface area (Å²) in [4.78, 5) is 24.9. The van der Waals surface area contributed by atoms with Gasteiger partial charge in [-0.2, -0.15) is 0 Å². The lowest BCUT2D eigenvalue weighted by molar-refractivity contribution is -0.126. The summed E-state index contributed by atoms with van der Waals surface area (Å²) in [6.07, 6.45) is 3.31. The van der Waals surface area contributed by atoms with Gasteiger partial charge in [0.05, 0.1) is 5.02 Å². The van der Waals surface area contributed by atoms with Crippen LogP contribution in [-0.2, 0) is 9.59 Å². The Hall–Kier alpha value is -1.90. The van der Waals surface area contributed by atoms with Crippen molar-refractivity contribution in [2.45, 2.75) is 37.3 Å². The summed E-state index contributed by atoms with van der Waals surface area (Å²) in [5.74, 6) is -0.257. The largest absolute Gasteiger partial charge is 0.484 e. The zero-order valence-electron chi connectivity index (χ0n) is 16.3. The zero-order valence-corrected chi connectivity index (χ0v) is 17.1. The molecule has 3 saturated carbocycles. The molecule has 2 bridgehead atoms. The molecule has 3 aliphatic carbocycles.